The second-order valence-electron chi connectivity index (χ2n) is 8.27. The highest BCUT2D eigenvalue weighted by molar-refractivity contribution is 8.00. The molecule has 126 valence electrons. The summed E-state index contributed by atoms with van der Waals surface area (Å²) in [5, 5.41) is 0.552. The summed E-state index contributed by atoms with van der Waals surface area (Å²) in [7, 11) is 0. The highest BCUT2D eigenvalue weighted by atomic mass is 32.2. The van der Waals surface area contributed by atoms with E-state index < -0.39 is 0 Å². The summed E-state index contributed by atoms with van der Waals surface area (Å²) in [5.41, 5.74) is 1.64. The predicted octanol–water partition coefficient (Wildman–Crippen LogP) is 5.09. The molecule has 0 N–H and O–H groups in total. The van der Waals surface area contributed by atoms with Crippen LogP contribution in [0.25, 0.3) is 11.1 Å². The van der Waals surface area contributed by atoms with Crippen molar-refractivity contribution in [3.63, 3.8) is 0 Å². The van der Waals surface area contributed by atoms with Gasteiger partial charge in [0.2, 0.25) is 0 Å². The molecule has 4 saturated carbocycles. The summed E-state index contributed by atoms with van der Waals surface area (Å²) in [5.74, 6) is 2.87. The Bertz CT molecular complexity index is 728. The third-order valence-corrected chi connectivity index (χ3v) is 7.43. The molecule has 0 saturated heterocycles. The molecule has 0 radical (unpaired) electrons. The van der Waals surface area contributed by atoms with E-state index in [9.17, 15) is 4.79 Å². The lowest BCUT2D eigenvalue weighted by Gasteiger charge is -2.56. The number of benzene rings is 1. The second-order valence-corrected chi connectivity index (χ2v) is 9.56. The van der Waals surface area contributed by atoms with E-state index in [0.29, 0.717) is 11.0 Å². The first-order valence-electron chi connectivity index (χ1n) is 9.18. The van der Waals surface area contributed by atoms with Crippen LogP contribution in [0.5, 0.6) is 0 Å². The number of para-hydroxylation sites is 2. The number of thioether (sulfide) groups is 1. The quantitative estimate of drug-likeness (QED) is 0.726. The molecule has 0 unspecified atom stereocenters. The Hall–Kier alpha value is -1.29. The lowest BCUT2D eigenvalue weighted by molar-refractivity contribution is -0.143. The fraction of sp³-hybridized carbons (Fsp3) is 0.600. The van der Waals surface area contributed by atoms with Gasteiger partial charge in [-0.15, -0.1) is 0 Å². The van der Waals surface area contributed by atoms with Crippen molar-refractivity contribution in [3.05, 3.63) is 24.3 Å². The molecule has 1 aromatic carbocycles. The van der Waals surface area contributed by atoms with Crippen molar-refractivity contribution >= 4 is 28.6 Å². The fourth-order valence-electron chi connectivity index (χ4n) is 5.95. The van der Waals surface area contributed by atoms with E-state index in [1.807, 2.05) is 31.2 Å². The van der Waals surface area contributed by atoms with Crippen molar-refractivity contribution in [1.29, 1.82) is 0 Å². The average molecular weight is 341 g/mol. The van der Waals surface area contributed by atoms with Crippen molar-refractivity contribution in [1.82, 2.24) is 4.98 Å². The molecule has 0 amide bonds. The summed E-state index contributed by atoms with van der Waals surface area (Å²) in [4.78, 5) is 17.9. The smallest absolute Gasteiger partial charge is 0.257 e. The third kappa shape index (κ3) is 2.33. The Morgan fingerprint density at radius 1 is 1.17 bits per heavy atom. The van der Waals surface area contributed by atoms with E-state index in [0.717, 1.165) is 48.1 Å². The van der Waals surface area contributed by atoms with Crippen molar-refractivity contribution < 1.29 is 9.21 Å². The van der Waals surface area contributed by atoms with E-state index in [1.54, 1.807) is 0 Å². The zero-order valence-corrected chi connectivity index (χ0v) is 14.8. The molecule has 4 heteroatoms. The first kappa shape index (κ1) is 15.0. The molecule has 4 aliphatic rings. The van der Waals surface area contributed by atoms with Gasteiger partial charge in [0.25, 0.3) is 5.22 Å². The van der Waals surface area contributed by atoms with Gasteiger partial charge in [-0.2, -0.15) is 0 Å². The van der Waals surface area contributed by atoms with Crippen molar-refractivity contribution in [2.24, 2.45) is 23.2 Å². The van der Waals surface area contributed by atoms with Crippen LogP contribution in [0.1, 0.15) is 45.4 Å². The second kappa shape index (κ2) is 5.35. The Kier molecular flexibility index (Phi) is 3.35. The van der Waals surface area contributed by atoms with Crippen LogP contribution in [0.2, 0.25) is 0 Å². The number of Topliss-reactive ketones (excluding diaryl/α,β-unsaturated/α-hetero) is 1. The SMILES string of the molecule is C[C@@H](Sc1nc2ccccc2o1)C(=O)C12CC3CC(CC(C3)C1)C2. The van der Waals surface area contributed by atoms with Gasteiger partial charge in [0.1, 0.15) is 5.52 Å². The van der Waals surface area contributed by atoms with Crippen molar-refractivity contribution in [2.75, 3.05) is 0 Å². The van der Waals surface area contributed by atoms with Crippen molar-refractivity contribution in [3.8, 4) is 0 Å². The van der Waals surface area contributed by atoms with Crippen LogP contribution in [0.4, 0.5) is 0 Å². The molecule has 0 aliphatic heterocycles. The maximum Gasteiger partial charge on any atom is 0.257 e. The Morgan fingerprint density at radius 3 is 2.42 bits per heavy atom. The number of aromatic nitrogens is 1. The summed E-state index contributed by atoms with van der Waals surface area (Å²) in [6.45, 7) is 2.04. The molecule has 1 atom stereocenters. The van der Waals surface area contributed by atoms with Gasteiger partial charge in [-0.05, 0) is 75.3 Å². The lowest BCUT2D eigenvalue weighted by atomic mass is 9.48. The third-order valence-electron chi connectivity index (χ3n) is 6.48. The van der Waals surface area contributed by atoms with E-state index in [2.05, 4.69) is 4.98 Å². The minimum absolute atomic E-state index is 0.0345. The number of ketones is 1. The van der Waals surface area contributed by atoms with Gasteiger partial charge in [0.15, 0.2) is 11.4 Å². The molecule has 24 heavy (non-hydrogen) atoms. The van der Waals surface area contributed by atoms with Gasteiger partial charge >= 0.3 is 0 Å². The topological polar surface area (TPSA) is 43.1 Å². The maximum atomic E-state index is 13.3. The number of fused-ring (bicyclic) bond motifs is 1. The molecule has 3 nitrogen and oxygen atoms in total. The van der Waals surface area contributed by atoms with Crippen LogP contribution in [-0.2, 0) is 4.79 Å². The summed E-state index contributed by atoms with van der Waals surface area (Å²) in [6, 6.07) is 7.79. The predicted molar refractivity (Wildman–Crippen MR) is 94.9 cm³/mol. The van der Waals surface area contributed by atoms with Gasteiger partial charge in [0.05, 0.1) is 5.25 Å². The number of nitrogens with zero attached hydrogens (tertiary/aromatic N) is 1. The van der Waals surface area contributed by atoms with E-state index in [1.165, 1.54) is 31.0 Å². The lowest BCUT2D eigenvalue weighted by Crippen LogP contribution is -2.51. The zero-order valence-electron chi connectivity index (χ0n) is 14.0. The highest BCUT2D eigenvalue weighted by Gasteiger charge is 2.55. The number of rotatable bonds is 4. The first-order valence-corrected chi connectivity index (χ1v) is 10.1. The average Bonchev–Trinajstić information content (AvgIpc) is 2.95. The minimum Gasteiger partial charge on any atom is -0.431 e. The van der Waals surface area contributed by atoms with Crippen LogP contribution in [0, 0.1) is 23.2 Å². The van der Waals surface area contributed by atoms with E-state index in [-0.39, 0.29) is 10.7 Å². The molecular formula is C20H23NO2S. The van der Waals surface area contributed by atoms with Crippen LogP contribution in [-0.4, -0.2) is 16.0 Å². The summed E-state index contributed by atoms with van der Waals surface area (Å²) in [6.07, 6.45) is 7.53. The summed E-state index contributed by atoms with van der Waals surface area (Å²) < 4.78 is 5.81. The largest absolute Gasteiger partial charge is 0.431 e. The molecule has 4 bridgehead atoms. The molecule has 2 aromatic rings. The van der Waals surface area contributed by atoms with Gasteiger partial charge < -0.3 is 4.42 Å². The van der Waals surface area contributed by atoms with Crippen LogP contribution < -0.4 is 0 Å². The number of oxazole rings is 1. The number of hydrogen-bond donors (Lipinski definition) is 0. The maximum absolute atomic E-state index is 13.3. The minimum atomic E-state index is -0.0747. The number of hydrogen-bond acceptors (Lipinski definition) is 4. The molecule has 6 rings (SSSR count). The van der Waals surface area contributed by atoms with E-state index >= 15 is 0 Å². The number of carbonyl (C=O) groups excluding carboxylic acids is 1. The molecule has 4 fully saturated rings. The van der Waals surface area contributed by atoms with Crippen LogP contribution in [0.3, 0.4) is 0 Å². The molecule has 0 spiro atoms. The number of carbonyl (C=O) groups is 1. The normalized spacial score (nSPS) is 35.5. The Labute approximate surface area is 146 Å². The zero-order chi connectivity index (χ0) is 16.3. The Balaban J connectivity index is 1.36. The van der Waals surface area contributed by atoms with Gasteiger partial charge in [0, 0.05) is 5.41 Å². The molecular weight excluding hydrogens is 318 g/mol. The molecule has 1 aromatic heterocycles. The van der Waals surface area contributed by atoms with E-state index in [4.69, 9.17) is 4.42 Å². The monoisotopic (exact) mass is 341 g/mol. The first-order chi connectivity index (χ1) is 11.6. The fourth-order valence-corrected chi connectivity index (χ4v) is 6.90. The van der Waals surface area contributed by atoms with Crippen LogP contribution >= 0.6 is 11.8 Å². The van der Waals surface area contributed by atoms with Gasteiger partial charge in [-0.1, -0.05) is 23.9 Å². The summed E-state index contributed by atoms with van der Waals surface area (Å²) >= 11 is 1.50. The molecule has 4 aliphatic carbocycles. The standard InChI is InChI=1S/C20H23NO2S/c1-12(24-19-21-16-4-2-3-5-17(16)23-19)18(22)20-9-13-6-14(10-20)8-15(7-13)11-20/h2-5,12-15H,6-11H2,1H3/t12-,13?,14?,15?,20?/m1/s1. The Morgan fingerprint density at radius 2 is 1.79 bits per heavy atom. The molecule has 1 heterocycles. The van der Waals surface area contributed by atoms with Gasteiger partial charge in [-0.25, -0.2) is 4.98 Å². The van der Waals surface area contributed by atoms with Crippen molar-refractivity contribution in [2.45, 2.75) is 55.9 Å². The van der Waals surface area contributed by atoms with Crippen LogP contribution in [0.15, 0.2) is 33.9 Å². The highest BCUT2D eigenvalue weighted by Crippen LogP contribution is 2.61. The van der Waals surface area contributed by atoms with Gasteiger partial charge in [-0.3, -0.25) is 4.79 Å².